The van der Waals surface area contributed by atoms with Crippen LogP contribution in [0.2, 0.25) is 0 Å². The second-order valence-corrected chi connectivity index (χ2v) is 7.21. The molecule has 122 valence electrons. The molecule has 3 N–H and O–H groups in total. The maximum absolute atomic E-state index is 11.8. The van der Waals surface area contributed by atoms with Crippen molar-refractivity contribution in [3.8, 4) is 0 Å². The van der Waals surface area contributed by atoms with Crippen LogP contribution in [0.3, 0.4) is 0 Å². The van der Waals surface area contributed by atoms with Crippen LogP contribution in [0.15, 0.2) is 30.3 Å². The van der Waals surface area contributed by atoms with Gasteiger partial charge in [0.15, 0.2) is 0 Å². The molecule has 0 saturated carbocycles. The molecule has 1 aliphatic rings. The monoisotopic (exact) mass is 304 g/mol. The summed E-state index contributed by atoms with van der Waals surface area (Å²) in [4.78, 5) is 11.8. The van der Waals surface area contributed by atoms with E-state index in [2.05, 4.69) is 26.1 Å². The third-order valence-electron chi connectivity index (χ3n) is 4.30. The molecular formula is C18H28N2O2. The number of nitrogens with one attached hydrogen (secondary N) is 1. The Morgan fingerprint density at radius 3 is 2.64 bits per heavy atom. The summed E-state index contributed by atoms with van der Waals surface area (Å²) in [6.07, 6.45) is 2.40. The molecule has 1 aliphatic heterocycles. The Morgan fingerprint density at radius 1 is 1.36 bits per heavy atom. The van der Waals surface area contributed by atoms with Crippen molar-refractivity contribution in [1.82, 2.24) is 5.32 Å². The lowest BCUT2D eigenvalue weighted by atomic mass is 9.78. The summed E-state index contributed by atoms with van der Waals surface area (Å²) < 4.78 is 6.00. The number of primary amides is 1. The van der Waals surface area contributed by atoms with Gasteiger partial charge in [0.05, 0.1) is 6.10 Å². The first-order chi connectivity index (χ1) is 10.4. The number of hydrogen-bond acceptors (Lipinski definition) is 3. The molecule has 4 nitrogen and oxygen atoms in total. The highest BCUT2D eigenvalue weighted by Gasteiger charge is 2.35. The Hall–Kier alpha value is -1.39. The van der Waals surface area contributed by atoms with Gasteiger partial charge in [0.1, 0.15) is 6.04 Å². The molecule has 0 aromatic heterocycles. The van der Waals surface area contributed by atoms with E-state index in [1.165, 1.54) is 0 Å². The molecule has 4 heteroatoms. The first kappa shape index (κ1) is 17.0. The summed E-state index contributed by atoms with van der Waals surface area (Å²) in [7, 11) is 0. The maximum atomic E-state index is 11.8. The molecule has 0 aliphatic carbocycles. The van der Waals surface area contributed by atoms with Crippen molar-refractivity contribution < 1.29 is 9.53 Å². The van der Waals surface area contributed by atoms with Gasteiger partial charge in [-0.05, 0) is 29.7 Å². The van der Waals surface area contributed by atoms with Crippen LogP contribution in [0.1, 0.15) is 45.2 Å². The minimum absolute atomic E-state index is 0.0989. The van der Waals surface area contributed by atoms with Crippen molar-refractivity contribution in [2.45, 2.75) is 45.8 Å². The van der Waals surface area contributed by atoms with E-state index in [0.717, 1.165) is 31.6 Å². The summed E-state index contributed by atoms with van der Waals surface area (Å²) in [5.74, 6) is 0.0644. The highest BCUT2D eigenvalue weighted by Crippen LogP contribution is 2.34. The van der Waals surface area contributed by atoms with E-state index in [4.69, 9.17) is 10.5 Å². The molecule has 1 heterocycles. The fourth-order valence-electron chi connectivity index (χ4n) is 3.31. The fraction of sp³-hybridized carbons (Fsp3) is 0.611. The number of rotatable bonds is 5. The Bertz CT molecular complexity index is 482. The van der Waals surface area contributed by atoms with Crippen LogP contribution in [0.5, 0.6) is 0 Å². The van der Waals surface area contributed by atoms with Crippen molar-refractivity contribution >= 4 is 5.91 Å². The topological polar surface area (TPSA) is 64.3 Å². The zero-order valence-electron chi connectivity index (χ0n) is 13.8. The SMILES string of the molecule is CC(C)(C)[C@@H]1OCCC[C@@H]1CN[C@H](C(N)=O)c1ccccc1. The van der Waals surface area contributed by atoms with Gasteiger partial charge in [-0.25, -0.2) is 0 Å². The van der Waals surface area contributed by atoms with Crippen LogP contribution in [-0.4, -0.2) is 25.2 Å². The summed E-state index contributed by atoms with van der Waals surface area (Å²) in [5.41, 5.74) is 6.59. The Kier molecular flexibility index (Phi) is 5.59. The number of carbonyl (C=O) groups excluding carboxylic acids is 1. The van der Waals surface area contributed by atoms with Gasteiger partial charge in [0, 0.05) is 13.2 Å². The lowest BCUT2D eigenvalue weighted by molar-refractivity contribution is -0.120. The summed E-state index contributed by atoms with van der Waals surface area (Å²) >= 11 is 0. The minimum Gasteiger partial charge on any atom is -0.377 e. The third kappa shape index (κ3) is 4.31. The number of carbonyl (C=O) groups is 1. The zero-order valence-corrected chi connectivity index (χ0v) is 13.8. The van der Waals surface area contributed by atoms with E-state index in [9.17, 15) is 4.79 Å². The molecule has 0 bridgehead atoms. The molecule has 1 aromatic carbocycles. The highest BCUT2D eigenvalue weighted by molar-refractivity contribution is 5.81. The van der Waals surface area contributed by atoms with E-state index in [0.29, 0.717) is 5.92 Å². The Morgan fingerprint density at radius 2 is 2.05 bits per heavy atom. The third-order valence-corrected chi connectivity index (χ3v) is 4.30. The second kappa shape index (κ2) is 7.25. The number of hydrogen-bond donors (Lipinski definition) is 2. The molecule has 2 rings (SSSR count). The van der Waals surface area contributed by atoms with Gasteiger partial charge >= 0.3 is 0 Å². The van der Waals surface area contributed by atoms with Crippen LogP contribution in [0, 0.1) is 11.3 Å². The van der Waals surface area contributed by atoms with Crippen LogP contribution >= 0.6 is 0 Å². The van der Waals surface area contributed by atoms with Crippen LogP contribution in [0.25, 0.3) is 0 Å². The lowest BCUT2D eigenvalue weighted by Crippen LogP contribution is -2.46. The number of ether oxygens (including phenoxy) is 1. The van der Waals surface area contributed by atoms with Crippen molar-refractivity contribution in [3.05, 3.63) is 35.9 Å². The quantitative estimate of drug-likeness (QED) is 0.879. The molecule has 1 aromatic rings. The molecule has 22 heavy (non-hydrogen) atoms. The molecule has 0 radical (unpaired) electrons. The van der Waals surface area contributed by atoms with E-state index in [-0.39, 0.29) is 17.4 Å². The number of nitrogens with two attached hydrogens (primary N) is 1. The van der Waals surface area contributed by atoms with Crippen molar-refractivity contribution in [3.63, 3.8) is 0 Å². The minimum atomic E-state index is -0.441. The van der Waals surface area contributed by atoms with Crippen molar-refractivity contribution in [2.24, 2.45) is 17.1 Å². The summed E-state index contributed by atoms with van der Waals surface area (Å²) in [6.45, 7) is 8.19. The average molecular weight is 304 g/mol. The highest BCUT2D eigenvalue weighted by atomic mass is 16.5. The second-order valence-electron chi connectivity index (χ2n) is 7.21. The fourth-order valence-corrected chi connectivity index (χ4v) is 3.31. The maximum Gasteiger partial charge on any atom is 0.239 e. The summed E-state index contributed by atoms with van der Waals surface area (Å²) in [6, 6.07) is 9.21. The summed E-state index contributed by atoms with van der Waals surface area (Å²) in [5, 5.41) is 3.35. The molecule has 0 spiro atoms. The van der Waals surface area contributed by atoms with Gasteiger partial charge in [0.2, 0.25) is 5.91 Å². The predicted octanol–water partition coefficient (Wildman–Crippen LogP) is 2.64. The molecule has 1 fully saturated rings. The van der Waals surface area contributed by atoms with Crippen LogP contribution in [-0.2, 0) is 9.53 Å². The van der Waals surface area contributed by atoms with Gasteiger partial charge in [0.25, 0.3) is 0 Å². The van der Waals surface area contributed by atoms with Gasteiger partial charge in [-0.2, -0.15) is 0 Å². The standard InChI is InChI=1S/C18H28N2O2/c1-18(2,3)16-14(10-7-11-22-16)12-20-15(17(19)21)13-8-5-4-6-9-13/h4-6,8-9,14-16,20H,7,10-12H2,1-3H3,(H2,19,21)/t14-,15+,16-/m1/s1. The van der Waals surface area contributed by atoms with Crippen molar-refractivity contribution in [2.75, 3.05) is 13.2 Å². The van der Waals surface area contributed by atoms with E-state index in [1.54, 1.807) is 0 Å². The predicted molar refractivity (Wildman–Crippen MR) is 88.3 cm³/mol. The van der Waals surface area contributed by atoms with E-state index in [1.807, 2.05) is 30.3 Å². The molecule has 1 saturated heterocycles. The first-order valence-corrected chi connectivity index (χ1v) is 8.09. The molecular weight excluding hydrogens is 276 g/mol. The molecule has 3 atom stereocenters. The molecule has 0 unspecified atom stereocenters. The largest absolute Gasteiger partial charge is 0.377 e. The number of benzene rings is 1. The van der Waals surface area contributed by atoms with Gasteiger partial charge in [-0.3, -0.25) is 4.79 Å². The number of amides is 1. The molecule has 1 amide bonds. The van der Waals surface area contributed by atoms with Gasteiger partial charge in [-0.1, -0.05) is 51.1 Å². The van der Waals surface area contributed by atoms with Crippen LogP contribution in [0.4, 0.5) is 0 Å². The Labute approximate surface area is 133 Å². The van der Waals surface area contributed by atoms with Gasteiger partial charge < -0.3 is 15.8 Å². The van der Waals surface area contributed by atoms with Crippen LogP contribution < -0.4 is 11.1 Å². The Balaban J connectivity index is 2.04. The van der Waals surface area contributed by atoms with E-state index >= 15 is 0 Å². The normalized spacial score (nSPS) is 24.0. The lowest BCUT2D eigenvalue weighted by Gasteiger charge is -2.40. The van der Waals surface area contributed by atoms with Gasteiger partial charge in [-0.15, -0.1) is 0 Å². The smallest absolute Gasteiger partial charge is 0.239 e. The average Bonchev–Trinajstić information content (AvgIpc) is 2.47. The zero-order chi connectivity index (χ0) is 16.2. The van der Waals surface area contributed by atoms with Crippen molar-refractivity contribution in [1.29, 1.82) is 0 Å². The first-order valence-electron chi connectivity index (χ1n) is 8.09. The van der Waals surface area contributed by atoms with E-state index < -0.39 is 6.04 Å².